The number of likely N-dealkylation sites (N-methyl/N-ethyl adjacent to an activating group) is 1. The minimum atomic E-state index is -4.46. The Hall–Kier alpha value is -1.31. The van der Waals surface area contributed by atoms with Crippen LogP contribution in [-0.4, -0.2) is 48.6 Å². The Morgan fingerprint density at radius 3 is 2.32 bits per heavy atom. The minimum absolute atomic E-state index is 0.396. The van der Waals surface area contributed by atoms with E-state index in [2.05, 4.69) is 0 Å². The number of rotatable bonds is 4. The Morgan fingerprint density at radius 2 is 1.84 bits per heavy atom. The van der Waals surface area contributed by atoms with E-state index in [0.29, 0.717) is 12.8 Å². The van der Waals surface area contributed by atoms with Crippen molar-refractivity contribution in [1.82, 2.24) is 10.2 Å². The lowest BCUT2D eigenvalue weighted by atomic mass is 9.97. The van der Waals surface area contributed by atoms with Gasteiger partial charge in [0, 0.05) is 7.05 Å². The van der Waals surface area contributed by atoms with Gasteiger partial charge in [0.1, 0.15) is 6.54 Å². The van der Waals surface area contributed by atoms with Gasteiger partial charge in [0.05, 0.1) is 12.1 Å². The molecule has 2 amide bonds. The number of nitrogens with zero attached hydrogens (tertiary/aromatic N) is 1. The van der Waals surface area contributed by atoms with Crippen molar-refractivity contribution >= 4 is 11.8 Å². The Labute approximate surface area is 109 Å². The number of halogens is 3. The highest BCUT2D eigenvalue weighted by molar-refractivity contribution is 5.90. The molecule has 0 bridgehead atoms. The summed E-state index contributed by atoms with van der Waals surface area (Å²) in [5, 5.41) is 1.71. The fourth-order valence-electron chi connectivity index (χ4n) is 2.14. The summed E-state index contributed by atoms with van der Waals surface area (Å²) in [4.78, 5) is 24.4. The summed E-state index contributed by atoms with van der Waals surface area (Å²) < 4.78 is 35.7. The van der Waals surface area contributed by atoms with Gasteiger partial charge < -0.3 is 16.0 Å². The molecule has 110 valence electrons. The van der Waals surface area contributed by atoms with E-state index in [0.717, 1.165) is 17.7 Å². The summed E-state index contributed by atoms with van der Waals surface area (Å²) >= 11 is 0. The molecule has 1 aliphatic carbocycles. The van der Waals surface area contributed by atoms with Crippen LogP contribution in [0, 0.1) is 0 Å². The van der Waals surface area contributed by atoms with Gasteiger partial charge in [-0.15, -0.1) is 0 Å². The topological polar surface area (TPSA) is 75.4 Å². The third-order valence-electron chi connectivity index (χ3n) is 3.14. The molecule has 0 aliphatic heterocycles. The Kier molecular flexibility index (Phi) is 4.78. The molecule has 1 rings (SSSR count). The number of alkyl halides is 3. The number of nitrogens with one attached hydrogen (secondary N) is 1. The molecule has 8 heteroatoms. The zero-order chi connectivity index (χ0) is 14.7. The van der Waals surface area contributed by atoms with Crippen LogP contribution in [0.25, 0.3) is 0 Å². The van der Waals surface area contributed by atoms with Gasteiger partial charge in [-0.2, -0.15) is 13.2 Å². The van der Waals surface area contributed by atoms with Gasteiger partial charge in [0.2, 0.25) is 11.8 Å². The summed E-state index contributed by atoms with van der Waals surface area (Å²) in [6.45, 7) is -1.82. The van der Waals surface area contributed by atoms with E-state index >= 15 is 0 Å². The van der Waals surface area contributed by atoms with Gasteiger partial charge in [-0.1, -0.05) is 12.8 Å². The standard InChI is InChI=1S/C11H18F3N3O2/c1-17(6-8(18)16-7-11(12,13)14)9(19)10(15)4-2-3-5-10/h2-7,15H2,1H3,(H,16,18). The van der Waals surface area contributed by atoms with Gasteiger partial charge in [0.25, 0.3) is 0 Å². The largest absolute Gasteiger partial charge is 0.405 e. The second kappa shape index (κ2) is 5.77. The van der Waals surface area contributed by atoms with E-state index < -0.39 is 36.6 Å². The predicted molar refractivity (Wildman–Crippen MR) is 62.1 cm³/mol. The van der Waals surface area contributed by atoms with Crippen LogP contribution in [0.4, 0.5) is 13.2 Å². The van der Waals surface area contributed by atoms with Crippen molar-refractivity contribution in [2.45, 2.75) is 37.4 Å². The zero-order valence-electron chi connectivity index (χ0n) is 10.7. The molecular weight excluding hydrogens is 263 g/mol. The summed E-state index contributed by atoms with van der Waals surface area (Å²) in [7, 11) is 1.36. The van der Waals surface area contributed by atoms with Gasteiger partial charge in [-0.05, 0) is 12.8 Å². The minimum Gasteiger partial charge on any atom is -0.345 e. The zero-order valence-corrected chi connectivity index (χ0v) is 10.7. The van der Waals surface area contributed by atoms with Crippen molar-refractivity contribution in [3.63, 3.8) is 0 Å². The Balaban J connectivity index is 2.44. The van der Waals surface area contributed by atoms with Crippen molar-refractivity contribution < 1.29 is 22.8 Å². The first kappa shape index (κ1) is 15.7. The molecule has 1 aliphatic rings. The van der Waals surface area contributed by atoms with E-state index in [9.17, 15) is 22.8 Å². The maximum atomic E-state index is 12.0. The van der Waals surface area contributed by atoms with Crippen molar-refractivity contribution in [2.75, 3.05) is 20.1 Å². The third-order valence-corrected chi connectivity index (χ3v) is 3.14. The number of hydrogen-bond donors (Lipinski definition) is 2. The van der Waals surface area contributed by atoms with Crippen LogP contribution >= 0.6 is 0 Å². The molecule has 5 nitrogen and oxygen atoms in total. The first-order chi connectivity index (χ1) is 8.64. The lowest BCUT2D eigenvalue weighted by Gasteiger charge is -2.28. The summed E-state index contributed by atoms with van der Waals surface area (Å²) in [5.41, 5.74) is 4.95. The molecule has 0 aromatic rings. The fourth-order valence-corrected chi connectivity index (χ4v) is 2.14. The molecule has 0 atom stereocenters. The molecule has 0 spiro atoms. The number of carbonyl (C=O) groups excluding carboxylic acids is 2. The first-order valence-electron chi connectivity index (χ1n) is 6.02. The molecule has 0 heterocycles. The number of hydrogen-bond acceptors (Lipinski definition) is 3. The van der Waals surface area contributed by atoms with Gasteiger partial charge in [-0.3, -0.25) is 9.59 Å². The fraction of sp³-hybridized carbons (Fsp3) is 0.818. The molecule has 1 saturated carbocycles. The van der Waals surface area contributed by atoms with Gasteiger partial charge in [-0.25, -0.2) is 0 Å². The summed E-state index contributed by atoms with van der Waals surface area (Å²) in [6.07, 6.45) is -1.69. The first-order valence-corrected chi connectivity index (χ1v) is 6.02. The highest BCUT2D eigenvalue weighted by atomic mass is 19.4. The monoisotopic (exact) mass is 281 g/mol. The van der Waals surface area contributed by atoms with E-state index in [4.69, 9.17) is 5.73 Å². The number of amides is 2. The van der Waals surface area contributed by atoms with E-state index in [1.54, 1.807) is 5.32 Å². The molecule has 0 radical (unpaired) electrons. The smallest absolute Gasteiger partial charge is 0.345 e. The van der Waals surface area contributed by atoms with Crippen molar-refractivity contribution in [1.29, 1.82) is 0 Å². The number of nitrogens with two attached hydrogens (primary N) is 1. The van der Waals surface area contributed by atoms with E-state index in [1.165, 1.54) is 7.05 Å². The highest BCUT2D eigenvalue weighted by Gasteiger charge is 2.39. The molecule has 19 heavy (non-hydrogen) atoms. The second-order valence-corrected chi connectivity index (χ2v) is 4.92. The van der Waals surface area contributed by atoms with Crippen LogP contribution in [0.15, 0.2) is 0 Å². The molecule has 0 unspecified atom stereocenters. The summed E-state index contributed by atoms with van der Waals surface area (Å²) in [6, 6.07) is 0. The van der Waals surface area contributed by atoms with Crippen LogP contribution in [0.2, 0.25) is 0 Å². The van der Waals surface area contributed by atoms with Crippen molar-refractivity contribution in [3.05, 3.63) is 0 Å². The van der Waals surface area contributed by atoms with E-state index in [-0.39, 0.29) is 0 Å². The normalized spacial score (nSPS) is 18.2. The number of carbonyl (C=O) groups is 2. The average molecular weight is 281 g/mol. The van der Waals surface area contributed by atoms with Crippen LogP contribution < -0.4 is 11.1 Å². The van der Waals surface area contributed by atoms with Crippen LogP contribution in [0.3, 0.4) is 0 Å². The Morgan fingerprint density at radius 1 is 1.32 bits per heavy atom. The molecule has 3 N–H and O–H groups in total. The van der Waals surface area contributed by atoms with Crippen LogP contribution in [0.5, 0.6) is 0 Å². The molecule has 0 aromatic heterocycles. The predicted octanol–water partition coefficient (Wildman–Crippen LogP) is 0.395. The second-order valence-electron chi connectivity index (χ2n) is 4.92. The maximum absolute atomic E-state index is 12.0. The Bertz CT molecular complexity index is 352. The quantitative estimate of drug-likeness (QED) is 0.783. The highest BCUT2D eigenvalue weighted by Crippen LogP contribution is 2.28. The SMILES string of the molecule is CN(CC(=O)NCC(F)(F)F)C(=O)C1(N)CCCC1. The molecule has 0 aromatic carbocycles. The summed E-state index contributed by atoms with van der Waals surface area (Å²) in [5.74, 6) is -1.25. The third kappa shape index (κ3) is 4.70. The molecule has 0 saturated heterocycles. The average Bonchev–Trinajstić information content (AvgIpc) is 2.73. The van der Waals surface area contributed by atoms with Crippen molar-refractivity contribution in [2.24, 2.45) is 5.73 Å². The van der Waals surface area contributed by atoms with Gasteiger partial charge >= 0.3 is 6.18 Å². The lowest BCUT2D eigenvalue weighted by molar-refractivity contribution is -0.143. The molecular formula is C11H18F3N3O2. The molecule has 1 fully saturated rings. The van der Waals surface area contributed by atoms with Gasteiger partial charge in [0.15, 0.2) is 0 Å². The van der Waals surface area contributed by atoms with Crippen LogP contribution in [-0.2, 0) is 9.59 Å². The van der Waals surface area contributed by atoms with Crippen LogP contribution in [0.1, 0.15) is 25.7 Å². The maximum Gasteiger partial charge on any atom is 0.405 e. The lowest BCUT2D eigenvalue weighted by Crippen LogP contribution is -2.54. The van der Waals surface area contributed by atoms with Crippen molar-refractivity contribution in [3.8, 4) is 0 Å². The van der Waals surface area contributed by atoms with E-state index in [1.807, 2.05) is 0 Å².